The number of nitrogens with zero attached hydrogens (tertiary/aromatic N) is 2. The van der Waals surface area contributed by atoms with Crippen molar-refractivity contribution >= 4 is 39.1 Å². The van der Waals surface area contributed by atoms with Crippen LogP contribution in [-0.2, 0) is 0 Å². The van der Waals surface area contributed by atoms with Crippen molar-refractivity contribution in [3.63, 3.8) is 0 Å². The summed E-state index contributed by atoms with van der Waals surface area (Å²) in [6, 6.07) is 8.69. The molecule has 0 saturated carbocycles. The Kier molecular flexibility index (Phi) is 5.93. The number of amides is 2. The zero-order valence-electron chi connectivity index (χ0n) is 14.3. The van der Waals surface area contributed by atoms with E-state index >= 15 is 0 Å². The Hall–Kier alpha value is -2.94. The molecule has 0 spiro atoms. The van der Waals surface area contributed by atoms with Crippen LogP contribution < -0.4 is 10.1 Å². The number of nitrogens with one attached hydrogen (secondary N) is 1. The Morgan fingerprint density at radius 3 is 2.38 bits per heavy atom. The molecule has 0 bridgehead atoms. The molecular weight excluding hydrogens is 406 g/mol. The maximum atomic E-state index is 12.5. The first kappa shape index (κ1) is 19.4. The summed E-state index contributed by atoms with van der Waals surface area (Å²) in [4.78, 5) is 36.4. The summed E-state index contributed by atoms with van der Waals surface area (Å²) in [5, 5.41) is 13.6. The maximum absolute atomic E-state index is 12.5. The van der Waals surface area contributed by atoms with E-state index in [0.29, 0.717) is 11.3 Å². The van der Waals surface area contributed by atoms with Crippen LogP contribution in [0.4, 0.5) is 11.4 Å². The molecule has 0 unspecified atom stereocenters. The molecule has 0 fully saturated rings. The van der Waals surface area contributed by atoms with Gasteiger partial charge in [0, 0.05) is 31.3 Å². The van der Waals surface area contributed by atoms with E-state index in [2.05, 4.69) is 21.2 Å². The number of methoxy groups -OCH3 is 1. The van der Waals surface area contributed by atoms with Gasteiger partial charge in [-0.3, -0.25) is 19.7 Å². The summed E-state index contributed by atoms with van der Waals surface area (Å²) in [5.41, 5.74) is 0.538. The first-order valence-electron chi connectivity index (χ1n) is 7.39. The number of carbonyl (C=O) groups excluding carboxylic acids is 2. The minimum Gasteiger partial charge on any atom is -0.495 e. The molecule has 0 atom stereocenters. The molecule has 136 valence electrons. The number of rotatable bonds is 5. The van der Waals surface area contributed by atoms with E-state index in [9.17, 15) is 19.7 Å². The van der Waals surface area contributed by atoms with Gasteiger partial charge in [-0.25, -0.2) is 0 Å². The SMILES string of the molecule is COc1ccc(C(=O)N(C)C)cc1NC(=O)c1ccc(Br)c([N+](=O)[O-])c1. The lowest BCUT2D eigenvalue weighted by atomic mass is 10.1. The number of halogens is 1. The second-order valence-electron chi connectivity index (χ2n) is 5.49. The number of benzene rings is 2. The molecule has 0 heterocycles. The molecule has 2 rings (SSSR count). The van der Waals surface area contributed by atoms with Gasteiger partial charge in [0.1, 0.15) is 5.75 Å². The van der Waals surface area contributed by atoms with Gasteiger partial charge >= 0.3 is 0 Å². The number of nitro benzene ring substituents is 1. The number of nitro groups is 1. The Bertz CT molecular complexity index is 883. The van der Waals surface area contributed by atoms with E-state index in [0.717, 1.165) is 0 Å². The van der Waals surface area contributed by atoms with Gasteiger partial charge < -0.3 is 15.0 Å². The normalized spacial score (nSPS) is 10.2. The average Bonchev–Trinajstić information content (AvgIpc) is 2.60. The quantitative estimate of drug-likeness (QED) is 0.589. The van der Waals surface area contributed by atoms with Crippen molar-refractivity contribution in [2.24, 2.45) is 0 Å². The topological polar surface area (TPSA) is 102 Å². The van der Waals surface area contributed by atoms with Gasteiger partial charge in [0.2, 0.25) is 0 Å². The molecule has 0 aromatic heterocycles. The van der Waals surface area contributed by atoms with Crippen molar-refractivity contribution in [1.29, 1.82) is 0 Å². The highest BCUT2D eigenvalue weighted by Gasteiger charge is 2.18. The minimum atomic E-state index is -0.585. The van der Waals surface area contributed by atoms with Gasteiger partial charge in [-0.05, 0) is 46.3 Å². The average molecular weight is 422 g/mol. The molecule has 0 radical (unpaired) electrons. The third-order valence-corrected chi connectivity index (χ3v) is 4.18. The van der Waals surface area contributed by atoms with Crippen LogP contribution in [0.2, 0.25) is 0 Å². The fraction of sp³-hybridized carbons (Fsp3) is 0.176. The Morgan fingerprint density at radius 2 is 1.81 bits per heavy atom. The molecule has 0 aliphatic rings. The number of anilines is 1. The molecule has 0 aliphatic carbocycles. The van der Waals surface area contributed by atoms with Gasteiger partial charge in [0.05, 0.1) is 22.2 Å². The third kappa shape index (κ3) is 4.17. The second kappa shape index (κ2) is 7.96. The van der Waals surface area contributed by atoms with Crippen LogP contribution >= 0.6 is 15.9 Å². The van der Waals surface area contributed by atoms with Crippen LogP contribution in [0.5, 0.6) is 5.75 Å². The molecule has 26 heavy (non-hydrogen) atoms. The summed E-state index contributed by atoms with van der Waals surface area (Å²) in [6.45, 7) is 0. The first-order valence-corrected chi connectivity index (χ1v) is 8.19. The number of ether oxygens (including phenoxy) is 1. The van der Waals surface area contributed by atoms with E-state index in [-0.39, 0.29) is 27.3 Å². The Balaban J connectivity index is 2.36. The molecule has 8 nitrogen and oxygen atoms in total. The van der Waals surface area contributed by atoms with Crippen LogP contribution in [0.25, 0.3) is 0 Å². The largest absolute Gasteiger partial charge is 0.495 e. The van der Waals surface area contributed by atoms with Crippen LogP contribution in [0.15, 0.2) is 40.9 Å². The van der Waals surface area contributed by atoms with E-state index in [1.54, 1.807) is 26.2 Å². The molecule has 2 amide bonds. The van der Waals surface area contributed by atoms with Gasteiger partial charge in [0.15, 0.2) is 0 Å². The summed E-state index contributed by atoms with van der Waals surface area (Å²) >= 11 is 3.07. The predicted octanol–water partition coefficient (Wildman–Crippen LogP) is 3.32. The molecule has 1 N–H and O–H groups in total. The van der Waals surface area contributed by atoms with Crippen LogP contribution in [-0.4, -0.2) is 42.8 Å². The molecule has 2 aromatic rings. The molecule has 0 aliphatic heterocycles. The molecule has 2 aromatic carbocycles. The summed E-state index contributed by atoms with van der Waals surface area (Å²) < 4.78 is 5.48. The van der Waals surface area contributed by atoms with Gasteiger partial charge in [-0.15, -0.1) is 0 Å². The standard InChI is InChI=1S/C17H16BrN3O5/c1-20(2)17(23)11-5-7-15(26-3)13(8-11)19-16(22)10-4-6-12(18)14(9-10)21(24)25/h4-9H,1-3H3,(H,19,22). The monoisotopic (exact) mass is 421 g/mol. The van der Waals surface area contributed by atoms with Crippen LogP contribution in [0.1, 0.15) is 20.7 Å². The first-order chi connectivity index (χ1) is 12.2. The Labute approximate surface area is 158 Å². The second-order valence-corrected chi connectivity index (χ2v) is 6.35. The summed E-state index contributed by atoms with van der Waals surface area (Å²) in [5.74, 6) is -0.434. The van der Waals surface area contributed by atoms with E-state index in [4.69, 9.17) is 4.74 Å². The van der Waals surface area contributed by atoms with Crippen molar-refractivity contribution < 1.29 is 19.2 Å². The van der Waals surface area contributed by atoms with E-state index in [1.807, 2.05) is 0 Å². The highest BCUT2D eigenvalue weighted by molar-refractivity contribution is 9.10. The van der Waals surface area contributed by atoms with Gasteiger partial charge in [-0.2, -0.15) is 0 Å². The lowest BCUT2D eigenvalue weighted by Crippen LogP contribution is -2.22. The number of hydrogen-bond acceptors (Lipinski definition) is 5. The summed E-state index contributed by atoms with van der Waals surface area (Å²) in [6.07, 6.45) is 0. The lowest BCUT2D eigenvalue weighted by Gasteiger charge is -2.14. The molecule has 0 saturated heterocycles. The van der Waals surface area contributed by atoms with Crippen molar-refractivity contribution in [2.45, 2.75) is 0 Å². The minimum absolute atomic E-state index is 0.103. The zero-order valence-corrected chi connectivity index (χ0v) is 15.9. The third-order valence-electron chi connectivity index (χ3n) is 3.51. The molecular formula is C17H16BrN3O5. The van der Waals surface area contributed by atoms with Crippen molar-refractivity contribution in [2.75, 3.05) is 26.5 Å². The smallest absolute Gasteiger partial charge is 0.284 e. The fourth-order valence-electron chi connectivity index (χ4n) is 2.19. The van der Waals surface area contributed by atoms with E-state index < -0.39 is 10.8 Å². The molecule has 9 heteroatoms. The van der Waals surface area contributed by atoms with Crippen LogP contribution in [0, 0.1) is 10.1 Å². The Morgan fingerprint density at radius 1 is 1.15 bits per heavy atom. The highest BCUT2D eigenvalue weighted by atomic mass is 79.9. The highest BCUT2D eigenvalue weighted by Crippen LogP contribution is 2.29. The lowest BCUT2D eigenvalue weighted by molar-refractivity contribution is -0.385. The van der Waals surface area contributed by atoms with E-state index in [1.165, 1.54) is 36.3 Å². The summed E-state index contributed by atoms with van der Waals surface area (Å²) in [7, 11) is 4.67. The van der Waals surface area contributed by atoms with Crippen molar-refractivity contribution in [3.8, 4) is 5.75 Å². The van der Waals surface area contributed by atoms with Gasteiger partial charge in [-0.1, -0.05) is 0 Å². The predicted molar refractivity (Wildman–Crippen MR) is 99.8 cm³/mol. The maximum Gasteiger partial charge on any atom is 0.284 e. The number of carbonyl (C=O) groups is 2. The van der Waals surface area contributed by atoms with Gasteiger partial charge in [0.25, 0.3) is 17.5 Å². The number of hydrogen-bond donors (Lipinski definition) is 1. The zero-order chi connectivity index (χ0) is 19.4. The van der Waals surface area contributed by atoms with Crippen LogP contribution in [0.3, 0.4) is 0 Å². The van der Waals surface area contributed by atoms with Crippen molar-refractivity contribution in [1.82, 2.24) is 4.90 Å². The van der Waals surface area contributed by atoms with Crippen molar-refractivity contribution in [3.05, 3.63) is 62.1 Å². The fourth-order valence-corrected chi connectivity index (χ4v) is 2.58.